The first kappa shape index (κ1) is 11.0. The summed E-state index contributed by atoms with van der Waals surface area (Å²) in [6.45, 7) is 10.0. The van der Waals surface area contributed by atoms with Crippen LogP contribution in [0.2, 0.25) is 0 Å². The van der Waals surface area contributed by atoms with Crippen LogP contribution >= 0.6 is 15.9 Å². The van der Waals surface area contributed by atoms with Crippen LogP contribution in [0, 0.1) is 5.41 Å². The maximum Gasteiger partial charge on any atom is 0.238 e. The van der Waals surface area contributed by atoms with Crippen molar-refractivity contribution >= 4 is 21.8 Å². The quantitative estimate of drug-likeness (QED) is 0.687. The van der Waals surface area contributed by atoms with E-state index in [-0.39, 0.29) is 5.91 Å². The van der Waals surface area contributed by atoms with Crippen molar-refractivity contribution in [1.82, 2.24) is 4.90 Å². The van der Waals surface area contributed by atoms with Gasteiger partial charge in [0.1, 0.15) is 0 Å². The number of carbonyl (C=O) groups excluding carboxylic acids is 1. The number of halogens is 1. The van der Waals surface area contributed by atoms with E-state index in [1.54, 1.807) is 0 Å². The van der Waals surface area contributed by atoms with Crippen molar-refractivity contribution in [3.8, 4) is 0 Å². The first-order valence-electron chi connectivity index (χ1n) is 4.77. The second-order valence-corrected chi connectivity index (χ2v) is 6.78. The molecule has 0 saturated carbocycles. The molecule has 1 heterocycles. The summed E-state index contributed by atoms with van der Waals surface area (Å²) in [6, 6.07) is 0. The maximum atomic E-state index is 11.7. The Balaban J connectivity index is 2.49. The fourth-order valence-corrected chi connectivity index (χ4v) is 1.87. The van der Waals surface area contributed by atoms with Gasteiger partial charge >= 0.3 is 0 Å². The van der Waals surface area contributed by atoms with Crippen LogP contribution in [0.5, 0.6) is 0 Å². The average molecular weight is 248 g/mol. The summed E-state index contributed by atoms with van der Waals surface area (Å²) in [7, 11) is 0. The summed E-state index contributed by atoms with van der Waals surface area (Å²) in [4.78, 5) is 13.7. The average Bonchev–Trinajstić information content (AvgIpc) is 1.95. The van der Waals surface area contributed by atoms with Crippen LogP contribution in [-0.2, 0) is 4.79 Å². The van der Waals surface area contributed by atoms with Gasteiger partial charge in [-0.1, -0.05) is 29.8 Å². The minimum Gasteiger partial charge on any atom is -0.340 e. The Hall–Kier alpha value is -0.0500. The zero-order valence-electron chi connectivity index (χ0n) is 8.85. The van der Waals surface area contributed by atoms with E-state index in [2.05, 4.69) is 29.8 Å². The monoisotopic (exact) mass is 247 g/mol. The molecule has 0 aromatic rings. The minimum absolute atomic E-state index is 0.207. The molecule has 2 nitrogen and oxygen atoms in total. The number of likely N-dealkylation sites (tertiary alicyclic amines) is 1. The minimum atomic E-state index is -0.401. The predicted molar refractivity (Wildman–Crippen MR) is 58.0 cm³/mol. The number of alkyl halides is 1. The smallest absolute Gasteiger partial charge is 0.238 e. The molecule has 0 aromatic heterocycles. The number of hydrogen-bond donors (Lipinski definition) is 0. The van der Waals surface area contributed by atoms with Crippen LogP contribution in [-0.4, -0.2) is 28.2 Å². The second kappa shape index (κ2) is 3.26. The zero-order valence-corrected chi connectivity index (χ0v) is 10.4. The molecule has 1 fully saturated rings. The van der Waals surface area contributed by atoms with Gasteiger partial charge in [-0.15, -0.1) is 0 Å². The Kier molecular flexibility index (Phi) is 2.77. The van der Waals surface area contributed by atoms with Gasteiger partial charge in [0.2, 0.25) is 5.91 Å². The van der Waals surface area contributed by atoms with Gasteiger partial charge in [-0.05, 0) is 20.3 Å². The molecule has 0 radical (unpaired) electrons. The molecule has 0 atom stereocenters. The van der Waals surface area contributed by atoms with Crippen LogP contribution < -0.4 is 0 Å². The Labute approximate surface area is 88.8 Å². The highest BCUT2D eigenvalue weighted by molar-refractivity contribution is 9.10. The molecular formula is C10H18BrNO. The molecule has 1 rings (SSSR count). The number of nitrogens with zero attached hydrogens (tertiary/aromatic N) is 1. The second-order valence-electron chi connectivity index (χ2n) is 4.80. The van der Waals surface area contributed by atoms with Crippen molar-refractivity contribution in [2.45, 2.75) is 38.4 Å². The van der Waals surface area contributed by atoms with Crippen molar-refractivity contribution in [3.05, 3.63) is 0 Å². The summed E-state index contributed by atoms with van der Waals surface area (Å²) in [5, 5.41) is 0. The van der Waals surface area contributed by atoms with Gasteiger partial charge in [-0.25, -0.2) is 0 Å². The number of carbonyl (C=O) groups is 1. The number of rotatable bonds is 2. The molecule has 13 heavy (non-hydrogen) atoms. The molecule has 1 aliphatic heterocycles. The van der Waals surface area contributed by atoms with Crippen LogP contribution in [0.1, 0.15) is 34.1 Å². The number of hydrogen-bond acceptors (Lipinski definition) is 1. The normalized spacial score (nSPS) is 21.2. The molecule has 76 valence electrons. The lowest BCUT2D eigenvalue weighted by Crippen LogP contribution is -2.59. The summed E-state index contributed by atoms with van der Waals surface area (Å²) in [6.07, 6.45) is 1.15. The zero-order chi connectivity index (χ0) is 10.3. The highest BCUT2D eigenvalue weighted by atomic mass is 79.9. The van der Waals surface area contributed by atoms with Gasteiger partial charge in [0.05, 0.1) is 4.32 Å². The predicted octanol–water partition coefficient (Wildman–Crippen LogP) is 2.42. The largest absolute Gasteiger partial charge is 0.340 e. The van der Waals surface area contributed by atoms with Gasteiger partial charge in [-0.3, -0.25) is 4.79 Å². The van der Waals surface area contributed by atoms with E-state index in [1.165, 1.54) is 0 Å². The van der Waals surface area contributed by atoms with E-state index in [4.69, 9.17) is 0 Å². The van der Waals surface area contributed by atoms with Crippen molar-refractivity contribution in [2.24, 2.45) is 5.41 Å². The highest BCUT2D eigenvalue weighted by Gasteiger charge is 2.43. The molecule has 0 spiro atoms. The molecule has 0 unspecified atom stereocenters. The van der Waals surface area contributed by atoms with Crippen molar-refractivity contribution < 1.29 is 4.79 Å². The molecule has 0 aromatic carbocycles. The molecule has 1 saturated heterocycles. The van der Waals surface area contributed by atoms with Crippen LogP contribution in [0.4, 0.5) is 0 Å². The van der Waals surface area contributed by atoms with Crippen LogP contribution in [0.25, 0.3) is 0 Å². The topological polar surface area (TPSA) is 20.3 Å². The summed E-state index contributed by atoms with van der Waals surface area (Å²) >= 11 is 3.39. The Bertz CT molecular complexity index is 213. The highest BCUT2D eigenvalue weighted by Crippen LogP contribution is 2.35. The Morgan fingerprint density at radius 1 is 1.54 bits per heavy atom. The van der Waals surface area contributed by atoms with Gasteiger partial charge in [0.15, 0.2) is 0 Å². The lowest BCUT2D eigenvalue weighted by Gasteiger charge is -2.49. The van der Waals surface area contributed by atoms with E-state index in [0.29, 0.717) is 5.41 Å². The van der Waals surface area contributed by atoms with Gasteiger partial charge in [-0.2, -0.15) is 0 Å². The molecule has 0 N–H and O–H groups in total. The molecule has 1 aliphatic rings. The third-order valence-corrected chi connectivity index (χ3v) is 3.13. The Morgan fingerprint density at radius 3 is 2.31 bits per heavy atom. The van der Waals surface area contributed by atoms with E-state index in [9.17, 15) is 4.79 Å². The molecular weight excluding hydrogens is 230 g/mol. The summed E-state index contributed by atoms with van der Waals surface area (Å²) in [5.41, 5.74) is 0.369. The lowest BCUT2D eigenvalue weighted by molar-refractivity contribution is -0.144. The van der Waals surface area contributed by atoms with Crippen molar-refractivity contribution in [3.63, 3.8) is 0 Å². The fraction of sp³-hybridized carbons (Fsp3) is 0.900. The third-order valence-electron chi connectivity index (χ3n) is 2.79. The van der Waals surface area contributed by atoms with Gasteiger partial charge < -0.3 is 4.90 Å². The first-order valence-corrected chi connectivity index (χ1v) is 5.56. The van der Waals surface area contributed by atoms with E-state index in [1.807, 2.05) is 18.7 Å². The lowest BCUT2D eigenvalue weighted by atomic mass is 9.79. The standard InChI is InChI=1S/C10H18BrNO/c1-5-10(4)6-12(7-10)8(13)9(2,3)11/h5-7H2,1-4H3. The first-order chi connectivity index (χ1) is 5.78. The molecule has 0 aliphatic carbocycles. The maximum absolute atomic E-state index is 11.7. The van der Waals surface area contributed by atoms with Crippen LogP contribution in [0.15, 0.2) is 0 Å². The van der Waals surface area contributed by atoms with Crippen LogP contribution in [0.3, 0.4) is 0 Å². The van der Waals surface area contributed by atoms with E-state index < -0.39 is 4.32 Å². The van der Waals surface area contributed by atoms with Crippen molar-refractivity contribution in [2.75, 3.05) is 13.1 Å². The fourth-order valence-electron chi connectivity index (χ4n) is 1.62. The third kappa shape index (κ3) is 2.25. The van der Waals surface area contributed by atoms with Crippen molar-refractivity contribution in [1.29, 1.82) is 0 Å². The van der Waals surface area contributed by atoms with Gasteiger partial charge in [0, 0.05) is 18.5 Å². The SMILES string of the molecule is CCC1(C)CN(C(=O)C(C)(C)Br)C1. The van der Waals surface area contributed by atoms with E-state index >= 15 is 0 Å². The van der Waals surface area contributed by atoms with E-state index in [0.717, 1.165) is 19.5 Å². The molecule has 0 bridgehead atoms. The Morgan fingerprint density at radius 2 is 2.00 bits per heavy atom. The summed E-state index contributed by atoms with van der Waals surface area (Å²) in [5.74, 6) is 0.207. The molecule has 1 amide bonds. The summed E-state index contributed by atoms with van der Waals surface area (Å²) < 4.78 is -0.401. The molecule has 3 heteroatoms. The van der Waals surface area contributed by atoms with Gasteiger partial charge in [0.25, 0.3) is 0 Å². The number of amides is 1.